The van der Waals surface area contributed by atoms with Crippen molar-refractivity contribution in [1.82, 2.24) is 4.90 Å². The molecule has 114 valence electrons. The van der Waals surface area contributed by atoms with E-state index in [9.17, 15) is 9.59 Å². The van der Waals surface area contributed by atoms with Crippen molar-refractivity contribution < 1.29 is 19.1 Å². The number of hydrogen-bond acceptors (Lipinski definition) is 5. The van der Waals surface area contributed by atoms with Crippen LogP contribution in [0.1, 0.15) is 33.6 Å². The van der Waals surface area contributed by atoms with Crippen LogP contribution >= 0.6 is 0 Å². The third kappa shape index (κ3) is 9.04. The van der Waals surface area contributed by atoms with Crippen molar-refractivity contribution in [2.75, 3.05) is 26.7 Å². The van der Waals surface area contributed by atoms with Gasteiger partial charge in [0.15, 0.2) is 0 Å². The molecule has 0 atom stereocenters. The Morgan fingerprint density at radius 1 is 1.30 bits per heavy atom. The smallest absolute Gasteiger partial charge is 0.410 e. The summed E-state index contributed by atoms with van der Waals surface area (Å²) in [6.45, 7) is 5.79. The molecule has 0 bridgehead atoms. The van der Waals surface area contributed by atoms with Gasteiger partial charge in [0.1, 0.15) is 12.1 Å². The van der Waals surface area contributed by atoms with Gasteiger partial charge in [0.25, 0.3) is 0 Å². The molecule has 8 heteroatoms. The molecular weight excluding hydrogens is 264 g/mol. The molecule has 0 fully saturated rings. The van der Waals surface area contributed by atoms with E-state index in [0.717, 1.165) is 0 Å². The third-order valence-electron chi connectivity index (χ3n) is 2.20. The van der Waals surface area contributed by atoms with E-state index in [-0.39, 0.29) is 6.54 Å². The first-order chi connectivity index (χ1) is 9.30. The lowest BCUT2D eigenvalue weighted by Crippen LogP contribution is -2.40. The number of amides is 1. The lowest BCUT2D eigenvalue weighted by Gasteiger charge is -2.26. The Morgan fingerprint density at radius 2 is 1.95 bits per heavy atom. The molecule has 0 heterocycles. The average Bonchev–Trinajstić information content (AvgIpc) is 2.34. The highest BCUT2D eigenvalue weighted by atomic mass is 16.6. The van der Waals surface area contributed by atoms with E-state index >= 15 is 0 Å². The summed E-state index contributed by atoms with van der Waals surface area (Å²) in [4.78, 5) is 27.2. The fraction of sp³-hybridized carbons (Fsp3) is 0.833. The lowest BCUT2D eigenvalue weighted by atomic mass is 10.2. The van der Waals surface area contributed by atoms with Crippen LogP contribution in [-0.4, -0.2) is 49.3 Å². The molecule has 8 nitrogen and oxygen atoms in total. The summed E-state index contributed by atoms with van der Waals surface area (Å²) < 4.78 is 9.77. The Kier molecular flexibility index (Phi) is 8.15. The van der Waals surface area contributed by atoms with E-state index in [2.05, 4.69) is 14.8 Å². The van der Waals surface area contributed by atoms with Crippen molar-refractivity contribution in [3.05, 3.63) is 10.4 Å². The van der Waals surface area contributed by atoms with Gasteiger partial charge in [-0.15, -0.1) is 0 Å². The van der Waals surface area contributed by atoms with Crippen LogP contribution in [0.5, 0.6) is 0 Å². The van der Waals surface area contributed by atoms with Crippen LogP contribution in [0.4, 0.5) is 4.79 Å². The first kappa shape index (κ1) is 18.0. The summed E-state index contributed by atoms with van der Waals surface area (Å²) in [6, 6.07) is 0. The number of hydrogen-bond donors (Lipinski definition) is 0. The van der Waals surface area contributed by atoms with E-state index < -0.39 is 17.7 Å². The van der Waals surface area contributed by atoms with Crippen molar-refractivity contribution in [2.45, 2.75) is 39.2 Å². The molecule has 0 aromatic carbocycles. The number of carbonyl (C=O) groups is 2. The van der Waals surface area contributed by atoms with Gasteiger partial charge in [0.2, 0.25) is 0 Å². The fourth-order valence-electron chi connectivity index (χ4n) is 1.31. The number of azide groups is 1. The Labute approximate surface area is 118 Å². The molecule has 1 amide bonds. The Balaban J connectivity index is 4.43. The second-order valence-corrected chi connectivity index (χ2v) is 5.14. The van der Waals surface area contributed by atoms with Crippen LogP contribution in [0, 0.1) is 0 Å². The number of methoxy groups -OCH3 is 1. The van der Waals surface area contributed by atoms with Crippen molar-refractivity contribution in [1.29, 1.82) is 0 Å². The maximum atomic E-state index is 11.9. The molecule has 0 saturated carbocycles. The molecular formula is C12H22N4O4. The van der Waals surface area contributed by atoms with Crippen LogP contribution in [-0.2, 0) is 14.3 Å². The van der Waals surface area contributed by atoms with Gasteiger partial charge in [-0.05, 0) is 39.1 Å². The van der Waals surface area contributed by atoms with E-state index in [4.69, 9.17) is 10.3 Å². The van der Waals surface area contributed by atoms with Crippen molar-refractivity contribution in [3.8, 4) is 0 Å². The van der Waals surface area contributed by atoms with E-state index in [1.54, 1.807) is 20.8 Å². The number of ether oxygens (including phenoxy) is 2. The molecule has 0 aromatic rings. The molecule has 0 aliphatic carbocycles. The molecule has 0 spiro atoms. The Bertz CT molecular complexity index is 372. The third-order valence-corrected chi connectivity index (χ3v) is 2.20. The zero-order valence-corrected chi connectivity index (χ0v) is 12.5. The van der Waals surface area contributed by atoms with Crippen LogP contribution < -0.4 is 0 Å². The zero-order valence-electron chi connectivity index (χ0n) is 12.5. The van der Waals surface area contributed by atoms with Gasteiger partial charge in [-0.2, -0.15) is 0 Å². The summed E-state index contributed by atoms with van der Waals surface area (Å²) in [7, 11) is 1.26. The predicted molar refractivity (Wildman–Crippen MR) is 73.1 cm³/mol. The zero-order chi connectivity index (χ0) is 15.6. The minimum atomic E-state index is -0.628. The maximum absolute atomic E-state index is 11.9. The number of rotatable bonds is 7. The first-order valence-electron chi connectivity index (χ1n) is 6.35. The van der Waals surface area contributed by atoms with Crippen LogP contribution in [0.3, 0.4) is 0 Å². The molecule has 0 radical (unpaired) electrons. The lowest BCUT2D eigenvalue weighted by molar-refractivity contribution is -0.141. The van der Waals surface area contributed by atoms with Crippen molar-refractivity contribution in [3.63, 3.8) is 0 Å². The molecule has 0 aliphatic heterocycles. The van der Waals surface area contributed by atoms with Crippen molar-refractivity contribution >= 4 is 12.1 Å². The molecule has 0 unspecified atom stereocenters. The van der Waals surface area contributed by atoms with Gasteiger partial charge in [-0.3, -0.25) is 9.69 Å². The topological polar surface area (TPSA) is 105 Å². The van der Waals surface area contributed by atoms with Crippen LogP contribution in [0.15, 0.2) is 5.11 Å². The summed E-state index contributed by atoms with van der Waals surface area (Å²) in [6.07, 6.45) is 0.673. The Morgan fingerprint density at radius 3 is 2.45 bits per heavy atom. The molecule has 0 rings (SSSR count). The highest BCUT2D eigenvalue weighted by molar-refractivity contribution is 5.78. The van der Waals surface area contributed by atoms with Gasteiger partial charge in [0.05, 0.1) is 7.11 Å². The fourth-order valence-corrected chi connectivity index (χ4v) is 1.31. The molecule has 20 heavy (non-hydrogen) atoms. The van der Waals surface area contributed by atoms with Gasteiger partial charge >= 0.3 is 12.1 Å². The van der Waals surface area contributed by atoms with Gasteiger partial charge in [-0.25, -0.2) is 4.79 Å². The highest BCUT2D eigenvalue weighted by Crippen LogP contribution is 2.10. The standard InChI is InChI=1S/C12H22N4O4/c1-12(2,3)20-11(18)16(9-10(17)19-4)8-6-5-7-14-15-13/h5-9H2,1-4H3. The quantitative estimate of drug-likeness (QED) is 0.236. The van der Waals surface area contributed by atoms with E-state index in [1.165, 1.54) is 12.0 Å². The summed E-state index contributed by atoms with van der Waals surface area (Å²) in [5, 5.41) is 3.40. The maximum Gasteiger partial charge on any atom is 0.410 e. The average molecular weight is 286 g/mol. The van der Waals surface area contributed by atoms with Crippen molar-refractivity contribution in [2.24, 2.45) is 5.11 Å². The second kappa shape index (κ2) is 9.03. The van der Waals surface area contributed by atoms with E-state index in [0.29, 0.717) is 25.9 Å². The van der Waals surface area contributed by atoms with Crippen LogP contribution in [0.2, 0.25) is 0 Å². The van der Waals surface area contributed by atoms with Gasteiger partial charge in [-0.1, -0.05) is 5.11 Å². The molecule has 0 saturated heterocycles. The normalized spacial score (nSPS) is 10.4. The molecule has 0 aromatic heterocycles. The minimum absolute atomic E-state index is 0.160. The summed E-state index contributed by atoms with van der Waals surface area (Å²) >= 11 is 0. The highest BCUT2D eigenvalue weighted by Gasteiger charge is 2.23. The van der Waals surface area contributed by atoms with E-state index in [1.807, 2.05) is 0 Å². The number of unbranched alkanes of at least 4 members (excludes halogenated alkanes) is 1. The number of esters is 1. The monoisotopic (exact) mass is 286 g/mol. The predicted octanol–water partition coefficient (Wildman–Crippen LogP) is 2.49. The summed E-state index contributed by atoms with van der Waals surface area (Å²) in [5.41, 5.74) is 7.53. The Hall–Kier alpha value is -1.95. The number of carbonyl (C=O) groups excluding carboxylic acids is 2. The minimum Gasteiger partial charge on any atom is -0.468 e. The summed E-state index contributed by atoms with van der Waals surface area (Å²) in [5.74, 6) is -0.508. The second-order valence-electron chi connectivity index (χ2n) is 5.14. The van der Waals surface area contributed by atoms with Gasteiger partial charge in [0, 0.05) is 18.0 Å². The first-order valence-corrected chi connectivity index (χ1v) is 6.35. The van der Waals surface area contributed by atoms with Gasteiger partial charge < -0.3 is 9.47 Å². The molecule has 0 N–H and O–H groups in total. The largest absolute Gasteiger partial charge is 0.468 e. The van der Waals surface area contributed by atoms with Crippen LogP contribution in [0.25, 0.3) is 10.4 Å². The number of nitrogens with zero attached hydrogens (tertiary/aromatic N) is 4. The molecule has 0 aliphatic rings. The SMILES string of the molecule is COC(=O)CN(CCCCN=[N+]=[N-])C(=O)OC(C)(C)C.